The van der Waals surface area contributed by atoms with E-state index in [4.69, 9.17) is 0 Å². The smallest absolute Gasteiger partial charge is 0.221 e. The summed E-state index contributed by atoms with van der Waals surface area (Å²) in [6, 6.07) is 27.0. The molecule has 0 fully saturated rings. The van der Waals surface area contributed by atoms with Crippen molar-refractivity contribution < 1.29 is 26.3 Å². The molecule has 5 aromatic rings. The summed E-state index contributed by atoms with van der Waals surface area (Å²) in [5, 5.41) is 0. The maximum absolute atomic E-state index is 13.1. The minimum absolute atomic E-state index is 0.0511. The largest absolute Gasteiger partial charge is 0.416 e. The topological polar surface area (TPSA) is 25.8 Å². The van der Waals surface area contributed by atoms with Gasteiger partial charge in [0, 0.05) is 27.8 Å². The van der Waals surface area contributed by atoms with Crippen LogP contribution in [0.15, 0.2) is 109 Å². The Balaban J connectivity index is 1.48. The van der Waals surface area contributed by atoms with Crippen LogP contribution in [0.25, 0.3) is 22.5 Å². The molecule has 1 aromatic heterocycles. The van der Waals surface area contributed by atoms with Crippen molar-refractivity contribution in [3.63, 3.8) is 0 Å². The monoisotopic (exact) mass is 568 g/mol. The molecule has 0 aliphatic rings. The SMILES string of the molecule is FC(F)(F)c1ccc(-c2cc(-c3ccc(C(F)(F)F)cc3)nc(C#Cc3ccc(C#Cc4ccccc4)cc3)n2)cc1. The molecule has 2 nitrogen and oxygen atoms in total. The highest BCUT2D eigenvalue weighted by Crippen LogP contribution is 2.33. The van der Waals surface area contributed by atoms with Crippen LogP contribution in [-0.2, 0) is 12.4 Å². The first-order valence-electron chi connectivity index (χ1n) is 12.5. The van der Waals surface area contributed by atoms with Gasteiger partial charge >= 0.3 is 12.4 Å². The Morgan fingerprint density at radius 2 is 0.810 bits per heavy atom. The highest BCUT2D eigenvalue weighted by molar-refractivity contribution is 5.69. The number of nitrogens with zero attached hydrogens (tertiary/aromatic N) is 2. The van der Waals surface area contributed by atoms with Crippen molar-refractivity contribution in [3.8, 4) is 46.2 Å². The van der Waals surface area contributed by atoms with Crippen LogP contribution >= 0.6 is 0 Å². The van der Waals surface area contributed by atoms with Crippen LogP contribution in [0.1, 0.15) is 33.6 Å². The maximum atomic E-state index is 13.1. The Kier molecular flexibility index (Phi) is 7.82. The molecule has 0 saturated carbocycles. The normalized spacial score (nSPS) is 11.2. The van der Waals surface area contributed by atoms with Crippen LogP contribution in [0.2, 0.25) is 0 Å². The quantitative estimate of drug-likeness (QED) is 0.157. The zero-order chi connectivity index (χ0) is 29.7. The molecule has 0 spiro atoms. The summed E-state index contributed by atoms with van der Waals surface area (Å²) >= 11 is 0. The fourth-order valence-electron chi connectivity index (χ4n) is 3.89. The van der Waals surface area contributed by atoms with Crippen LogP contribution in [-0.4, -0.2) is 9.97 Å². The fraction of sp³-hybridized carbons (Fsp3) is 0.0588. The highest BCUT2D eigenvalue weighted by atomic mass is 19.4. The predicted molar refractivity (Wildman–Crippen MR) is 148 cm³/mol. The van der Waals surface area contributed by atoms with Crippen LogP contribution in [0.4, 0.5) is 26.3 Å². The van der Waals surface area contributed by atoms with Gasteiger partial charge in [0.2, 0.25) is 5.82 Å². The fourth-order valence-corrected chi connectivity index (χ4v) is 3.89. The third-order valence-corrected chi connectivity index (χ3v) is 6.07. The first kappa shape index (κ1) is 28.2. The van der Waals surface area contributed by atoms with Crippen LogP contribution in [0.5, 0.6) is 0 Å². The standard InChI is InChI=1S/C34H18F6N2/c35-33(36,37)28-17-13-26(14-18-28)30-22-31(27-15-19-29(20-16-27)34(38,39)40)42-32(41-30)21-12-25-10-8-24(9-11-25)7-6-23-4-2-1-3-5-23/h1-5,8-11,13-20,22H. The third-order valence-electron chi connectivity index (χ3n) is 6.07. The number of aromatic nitrogens is 2. The van der Waals surface area contributed by atoms with Gasteiger partial charge in [-0.25, -0.2) is 9.97 Å². The van der Waals surface area contributed by atoms with E-state index in [1.54, 1.807) is 12.1 Å². The van der Waals surface area contributed by atoms with Gasteiger partial charge in [0.15, 0.2) is 0 Å². The Bertz CT molecular complexity index is 1740. The van der Waals surface area contributed by atoms with Gasteiger partial charge in [0.05, 0.1) is 22.5 Å². The van der Waals surface area contributed by atoms with E-state index < -0.39 is 23.5 Å². The molecular weight excluding hydrogens is 550 g/mol. The third kappa shape index (κ3) is 7.04. The minimum Gasteiger partial charge on any atom is -0.221 e. The van der Waals surface area contributed by atoms with Gasteiger partial charge in [-0.1, -0.05) is 60.2 Å². The molecule has 0 saturated heterocycles. The summed E-state index contributed by atoms with van der Waals surface area (Å²) in [6.45, 7) is 0. The van der Waals surface area contributed by atoms with Crippen molar-refractivity contribution in [3.05, 3.63) is 143 Å². The van der Waals surface area contributed by atoms with E-state index in [0.29, 0.717) is 16.7 Å². The molecular formula is C34H18F6N2. The average molecular weight is 569 g/mol. The second kappa shape index (κ2) is 11.6. The zero-order valence-corrected chi connectivity index (χ0v) is 21.6. The van der Waals surface area contributed by atoms with Crippen molar-refractivity contribution in [1.82, 2.24) is 9.97 Å². The second-order valence-electron chi connectivity index (χ2n) is 9.06. The molecule has 4 aromatic carbocycles. The molecule has 0 aliphatic heterocycles. The van der Waals surface area contributed by atoms with E-state index >= 15 is 0 Å². The lowest BCUT2D eigenvalue weighted by atomic mass is 10.0. The average Bonchev–Trinajstić information content (AvgIpc) is 2.99. The van der Waals surface area contributed by atoms with Crippen molar-refractivity contribution in [2.24, 2.45) is 0 Å². The molecule has 0 aliphatic carbocycles. The Labute approximate surface area is 237 Å². The summed E-state index contributed by atoms with van der Waals surface area (Å²) < 4.78 is 78.4. The van der Waals surface area contributed by atoms with Gasteiger partial charge in [0.1, 0.15) is 0 Å². The van der Waals surface area contributed by atoms with E-state index in [1.807, 2.05) is 42.5 Å². The molecule has 0 bridgehead atoms. The first-order chi connectivity index (χ1) is 20.0. The second-order valence-corrected chi connectivity index (χ2v) is 9.06. The van der Waals surface area contributed by atoms with E-state index in [9.17, 15) is 26.3 Å². The molecule has 0 amide bonds. The number of halogens is 6. The van der Waals surface area contributed by atoms with Gasteiger partial charge in [-0.05, 0) is 72.7 Å². The predicted octanol–water partition coefficient (Wildman–Crippen LogP) is 8.65. The number of benzene rings is 4. The molecule has 8 heteroatoms. The lowest BCUT2D eigenvalue weighted by Gasteiger charge is -2.10. The van der Waals surface area contributed by atoms with Gasteiger partial charge < -0.3 is 0 Å². The van der Waals surface area contributed by atoms with Gasteiger partial charge in [-0.15, -0.1) is 0 Å². The maximum Gasteiger partial charge on any atom is 0.416 e. The Morgan fingerprint density at radius 1 is 0.429 bits per heavy atom. The highest BCUT2D eigenvalue weighted by Gasteiger charge is 2.31. The van der Waals surface area contributed by atoms with Crippen molar-refractivity contribution >= 4 is 0 Å². The van der Waals surface area contributed by atoms with E-state index in [2.05, 4.69) is 33.6 Å². The van der Waals surface area contributed by atoms with Crippen molar-refractivity contribution in [2.75, 3.05) is 0 Å². The van der Waals surface area contributed by atoms with Gasteiger partial charge in [-0.2, -0.15) is 26.3 Å². The summed E-state index contributed by atoms with van der Waals surface area (Å²) in [5.74, 6) is 12.0. The van der Waals surface area contributed by atoms with Crippen LogP contribution < -0.4 is 0 Å². The molecule has 206 valence electrons. The van der Waals surface area contributed by atoms with Gasteiger partial charge in [-0.3, -0.25) is 0 Å². The number of hydrogen-bond acceptors (Lipinski definition) is 2. The lowest BCUT2D eigenvalue weighted by Crippen LogP contribution is -2.04. The summed E-state index contributed by atoms with van der Waals surface area (Å²) in [5.41, 5.74) is 1.94. The minimum atomic E-state index is -4.51. The van der Waals surface area contributed by atoms with Crippen LogP contribution in [0.3, 0.4) is 0 Å². The molecule has 5 rings (SSSR count). The first-order valence-corrected chi connectivity index (χ1v) is 12.5. The number of alkyl halides is 6. The Hall–Kier alpha value is -5.34. The zero-order valence-electron chi connectivity index (χ0n) is 21.6. The van der Waals surface area contributed by atoms with Gasteiger partial charge in [0.25, 0.3) is 0 Å². The molecule has 1 heterocycles. The number of rotatable bonds is 2. The number of hydrogen-bond donors (Lipinski definition) is 0. The molecule has 0 atom stereocenters. The summed E-state index contributed by atoms with van der Waals surface area (Å²) in [4.78, 5) is 8.81. The molecule has 0 radical (unpaired) electrons. The van der Waals surface area contributed by atoms with E-state index in [0.717, 1.165) is 35.4 Å². The molecule has 0 N–H and O–H groups in total. The van der Waals surface area contributed by atoms with Crippen LogP contribution in [0, 0.1) is 23.7 Å². The van der Waals surface area contributed by atoms with Crippen molar-refractivity contribution in [1.29, 1.82) is 0 Å². The van der Waals surface area contributed by atoms with E-state index in [1.165, 1.54) is 30.3 Å². The molecule has 42 heavy (non-hydrogen) atoms. The summed E-state index contributed by atoms with van der Waals surface area (Å²) in [7, 11) is 0. The van der Waals surface area contributed by atoms with E-state index in [-0.39, 0.29) is 17.2 Å². The van der Waals surface area contributed by atoms with Crippen molar-refractivity contribution in [2.45, 2.75) is 12.4 Å². The molecule has 0 unspecified atom stereocenters. The Morgan fingerprint density at radius 3 is 1.21 bits per heavy atom. The summed E-state index contributed by atoms with van der Waals surface area (Å²) in [6.07, 6.45) is -9.01. The lowest BCUT2D eigenvalue weighted by molar-refractivity contribution is -0.138.